The predicted molar refractivity (Wildman–Crippen MR) is 143 cm³/mol. The summed E-state index contributed by atoms with van der Waals surface area (Å²) in [5, 5.41) is 7.87. The van der Waals surface area contributed by atoms with E-state index in [1.54, 1.807) is 41.3 Å². The van der Waals surface area contributed by atoms with Crippen LogP contribution in [0.25, 0.3) is 16.6 Å². The maximum Gasteiger partial charge on any atom is 0.253 e. The van der Waals surface area contributed by atoms with Crippen molar-refractivity contribution in [1.29, 1.82) is 0 Å². The highest BCUT2D eigenvalue weighted by Gasteiger charge is 2.22. The molecule has 1 aliphatic rings. The maximum atomic E-state index is 13.3. The molecule has 0 atom stereocenters. The third-order valence-corrected chi connectivity index (χ3v) is 8.12. The van der Waals surface area contributed by atoms with Crippen LogP contribution < -0.4 is 10.0 Å². The highest BCUT2D eigenvalue weighted by atomic mass is 32.2. The molecule has 198 valence electrons. The summed E-state index contributed by atoms with van der Waals surface area (Å²) in [7, 11) is -1.40. The second kappa shape index (κ2) is 11.0. The molecule has 0 unspecified atom stereocenters. The topological polar surface area (TPSA) is 109 Å². The van der Waals surface area contributed by atoms with Gasteiger partial charge in [-0.3, -0.25) is 9.78 Å². The number of carbonyl (C=O) groups excluding carboxylic acids is 1. The van der Waals surface area contributed by atoms with Gasteiger partial charge in [-0.1, -0.05) is 24.3 Å². The Morgan fingerprint density at radius 1 is 1.00 bits per heavy atom. The summed E-state index contributed by atoms with van der Waals surface area (Å²) in [5.74, 6) is -0.740. The number of fused-ring (bicyclic) bond motifs is 1. The summed E-state index contributed by atoms with van der Waals surface area (Å²) in [4.78, 5) is 19.3. The Kier molecular flexibility index (Phi) is 7.50. The van der Waals surface area contributed by atoms with Crippen LogP contribution in [0.1, 0.15) is 34.3 Å². The molecule has 38 heavy (non-hydrogen) atoms. The van der Waals surface area contributed by atoms with Gasteiger partial charge in [0.05, 0.1) is 34.9 Å². The number of benzene rings is 2. The SMILES string of the molecule is CN1CCC(NS(=O)(=O)Cc2ccc(CNC(=O)c3cncc4c3cnn4-c3ccc(F)cc3)cc2)CC1. The normalized spacial score (nSPS) is 15.1. The quantitative estimate of drug-likeness (QED) is 0.358. The first-order valence-electron chi connectivity index (χ1n) is 12.4. The summed E-state index contributed by atoms with van der Waals surface area (Å²) in [6.07, 6.45) is 6.30. The van der Waals surface area contributed by atoms with Crippen LogP contribution >= 0.6 is 0 Å². The summed E-state index contributed by atoms with van der Waals surface area (Å²) in [6, 6.07) is 13.0. The summed E-state index contributed by atoms with van der Waals surface area (Å²) in [5.41, 5.74) is 3.18. The molecule has 3 heterocycles. The van der Waals surface area contributed by atoms with E-state index < -0.39 is 10.0 Å². The number of rotatable bonds is 8. The van der Waals surface area contributed by atoms with Gasteiger partial charge in [0, 0.05) is 24.2 Å². The zero-order valence-electron chi connectivity index (χ0n) is 21.0. The summed E-state index contributed by atoms with van der Waals surface area (Å²) >= 11 is 0. The molecule has 11 heteroatoms. The fourth-order valence-electron chi connectivity index (χ4n) is 4.58. The molecule has 2 N–H and O–H groups in total. The first-order valence-corrected chi connectivity index (χ1v) is 14.0. The van der Waals surface area contributed by atoms with Crippen LogP contribution in [-0.2, 0) is 22.3 Å². The van der Waals surface area contributed by atoms with Crippen molar-refractivity contribution in [2.45, 2.75) is 31.2 Å². The van der Waals surface area contributed by atoms with Crippen molar-refractivity contribution in [3.8, 4) is 5.69 Å². The standard InChI is InChI=1S/C27H29FN6O3S/c1-33-12-10-22(11-13-33)32-38(36,37)18-20-4-2-19(3-5-20)14-30-27(35)25-15-29-17-26-24(25)16-31-34(26)23-8-6-21(28)7-9-23/h2-9,15-17,22,32H,10-14,18H2,1H3,(H,30,35). The molecule has 0 aliphatic carbocycles. The van der Waals surface area contributed by atoms with E-state index in [0.29, 0.717) is 27.7 Å². The number of nitrogens with one attached hydrogen (secondary N) is 2. The van der Waals surface area contributed by atoms with Crippen molar-refractivity contribution in [1.82, 2.24) is 29.7 Å². The predicted octanol–water partition coefficient (Wildman–Crippen LogP) is 3.00. The number of carbonyl (C=O) groups is 1. The zero-order valence-corrected chi connectivity index (χ0v) is 21.8. The van der Waals surface area contributed by atoms with Gasteiger partial charge in [0.25, 0.3) is 5.91 Å². The van der Waals surface area contributed by atoms with Crippen molar-refractivity contribution in [3.63, 3.8) is 0 Å². The fourth-order valence-corrected chi connectivity index (χ4v) is 6.04. The number of nitrogens with zero attached hydrogens (tertiary/aromatic N) is 4. The van der Waals surface area contributed by atoms with E-state index in [1.807, 2.05) is 19.2 Å². The molecule has 5 rings (SSSR count). The second-order valence-electron chi connectivity index (χ2n) is 9.61. The molecule has 1 fully saturated rings. The number of pyridine rings is 1. The second-order valence-corrected chi connectivity index (χ2v) is 11.4. The zero-order chi connectivity index (χ0) is 26.7. The van der Waals surface area contributed by atoms with Crippen LogP contribution in [0.5, 0.6) is 0 Å². The van der Waals surface area contributed by atoms with Gasteiger partial charge >= 0.3 is 0 Å². The van der Waals surface area contributed by atoms with E-state index in [-0.39, 0.29) is 30.1 Å². The van der Waals surface area contributed by atoms with Crippen molar-refractivity contribution < 1.29 is 17.6 Å². The smallest absolute Gasteiger partial charge is 0.253 e. The van der Waals surface area contributed by atoms with Crippen molar-refractivity contribution in [3.05, 3.63) is 89.6 Å². The Morgan fingerprint density at radius 2 is 1.68 bits per heavy atom. The van der Waals surface area contributed by atoms with Gasteiger partial charge in [0.1, 0.15) is 5.82 Å². The molecule has 0 radical (unpaired) electrons. The van der Waals surface area contributed by atoms with E-state index in [9.17, 15) is 17.6 Å². The lowest BCUT2D eigenvalue weighted by Gasteiger charge is -2.29. The minimum Gasteiger partial charge on any atom is -0.348 e. The van der Waals surface area contributed by atoms with Gasteiger partial charge < -0.3 is 10.2 Å². The number of sulfonamides is 1. The molecule has 1 aliphatic heterocycles. The Morgan fingerprint density at radius 3 is 2.39 bits per heavy atom. The van der Waals surface area contributed by atoms with E-state index in [4.69, 9.17) is 0 Å². The van der Waals surface area contributed by atoms with Crippen LogP contribution in [0, 0.1) is 5.82 Å². The van der Waals surface area contributed by atoms with E-state index in [1.165, 1.54) is 18.3 Å². The van der Waals surface area contributed by atoms with Gasteiger partial charge in [-0.2, -0.15) is 5.10 Å². The van der Waals surface area contributed by atoms with Crippen LogP contribution in [0.15, 0.2) is 67.1 Å². The average Bonchev–Trinajstić information content (AvgIpc) is 3.34. The molecule has 1 amide bonds. The lowest BCUT2D eigenvalue weighted by molar-refractivity contribution is 0.0952. The molecule has 0 spiro atoms. The number of piperidine rings is 1. The van der Waals surface area contributed by atoms with Crippen molar-refractivity contribution in [2.75, 3.05) is 20.1 Å². The highest BCUT2D eigenvalue weighted by Crippen LogP contribution is 2.21. The Labute approximate surface area is 220 Å². The minimum absolute atomic E-state index is 0.0209. The molecule has 9 nitrogen and oxygen atoms in total. The van der Waals surface area contributed by atoms with Crippen LogP contribution in [0.3, 0.4) is 0 Å². The lowest BCUT2D eigenvalue weighted by atomic mass is 10.1. The molecule has 4 aromatic rings. The van der Waals surface area contributed by atoms with Gasteiger partial charge in [-0.05, 0) is 68.4 Å². The average molecular weight is 537 g/mol. The number of hydrogen-bond donors (Lipinski definition) is 2. The number of amides is 1. The molecule has 1 saturated heterocycles. The third kappa shape index (κ3) is 6.07. The molecule has 2 aromatic heterocycles. The van der Waals surface area contributed by atoms with Crippen LogP contribution in [0.4, 0.5) is 4.39 Å². The lowest BCUT2D eigenvalue weighted by Crippen LogP contribution is -2.43. The molecule has 0 bridgehead atoms. The Balaban J connectivity index is 1.20. The number of aromatic nitrogens is 3. The van der Waals surface area contributed by atoms with E-state index >= 15 is 0 Å². The summed E-state index contributed by atoms with van der Waals surface area (Å²) in [6.45, 7) is 2.03. The molecule has 2 aromatic carbocycles. The first kappa shape index (κ1) is 26.0. The maximum absolute atomic E-state index is 13.3. The minimum atomic E-state index is -3.44. The fraction of sp³-hybridized carbons (Fsp3) is 0.296. The number of likely N-dealkylation sites (tertiary alicyclic amines) is 1. The largest absolute Gasteiger partial charge is 0.348 e. The molecular formula is C27H29FN6O3S. The monoisotopic (exact) mass is 536 g/mol. The molecule has 0 saturated carbocycles. The van der Waals surface area contributed by atoms with Gasteiger partial charge in [-0.25, -0.2) is 22.2 Å². The Bertz CT molecular complexity index is 1530. The van der Waals surface area contributed by atoms with E-state index in [0.717, 1.165) is 31.5 Å². The van der Waals surface area contributed by atoms with Gasteiger partial charge in [-0.15, -0.1) is 0 Å². The van der Waals surface area contributed by atoms with Crippen molar-refractivity contribution in [2.24, 2.45) is 0 Å². The molecular weight excluding hydrogens is 507 g/mol. The van der Waals surface area contributed by atoms with Gasteiger partial charge in [0.15, 0.2) is 0 Å². The highest BCUT2D eigenvalue weighted by molar-refractivity contribution is 7.88. The van der Waals surface area contributed by atoms with Crippen molar-refractivity contribution >= 4 is 26.8 Å². The van der Waals surface area contributed by atoms with Gasteiger partial charge in [0.2, 0.25) is 10.0 Å². The number of hydrogen-bond acceptors (Lipinski definition) is 6. The Hall–Kier alpha value is -3.67. The summed E-state index contributed by atoms with van der Waals surface area (Å²) < 4.78 is 43.0. The first-order chi connectivity index (χ1) is 18.3. The number of halogens is 1. The van der Waals surface area contributed by atoms with Crippen LogP contribution in [0.2, 0.25) is 0 Å². The van der Waals surface area contributed by atoms with E-state index in [2.05, 4.69) is 25.0 Å². The third-order valence-electron chi connectivity index (χ3n) is 6.71. The van der Waals surface area contributed by atoms with Crippen LogP contribution in [-0.4, -0.2) is 60.2 Å².